The lowest BCUT2D eigenvalue weighted by atomic mass is 10.2. The SMILES string of the molecule is CC(C)Oc1ccc(N)cc1F.CC(C)Oc1ccc(Nc2nc(=O)[nH]c(=O)n2Cc2ccc(Cl)cc2)cc1F.Cc1nc(=O)[nH]c(=O)n1Cc1ccc(Cl)cc1. The Morgan fingerprint density at radius 3 is 1.61 bits per heavy atom. The van der Waals surface area contributed by atoms with E-state index in [4.69, 9.17) is 38.4 Å². The standard InChI is InChI=1S/C19H18ClFN4O3.C11H10ClN3O2.C9H12FNO/c1-11(2)28-16-8-7-14(9-15(16)21)22-17-23-18(26)24-19(27)25(17)10-12-3-5-13(20)6-4-12;1-7-13-10(16)14-11(17)15(7)6-8-2-4-9(12)5-3-8;1-6(2)12-9-4-3-7(11)5-8(9)10/h3-9,11H,10H2,1-2H3,(H2,22,23,24,26,27);2-5H,6H2,1H3,(H,14,16,17);3-6H,11H2,1-2H3. The van der Waals surface area contributed by atoms with Crippen molar-refractivity contribution in [3.63, 3.8) is 0 Å². The fourth-order valence-electron chi connectivity index (χ4n) is 4.88. The smallest absolute Gasteiger partial charge is 0.352 e. The van der Waals surface area contributed by atoms with Gasteiger partial charge in [0.25, 0.3) is 0 Å². The van der Waals surface area contributed by atoms with Crippen LogP contribution in [0.25, 0.3) is 0 Å². The van der Waals surface area contributed by atoms with Crippen molar-refractivity contribution in [1.82, 2.24) is 29.1 Å². The minimum absolute atomic E-state index is 0.0133. The zero-order valence-electron chi connectivity index (χ0n) is 31.5. The van der Waals surface area contributed by atoms with Crippen molar-refractivity contribution in [1.29, 1.82) is 0 Å². The highest BCUT2D eigenvalue weighted by atomic mass is 35.5. The molecule has 0 fully saturated rings. The topological polar surface area (TPSA) is 192 Å². The number of halogens is 4. The molecule has 0 aliphatic rings. The van der Waals surface area contributed by atoms with Gasteiger partial charge in [0.05, 0.1) is 25.3 Å². The van der Waals surface area contributed by atoms with Gasteiger partial charge in [-0.05, 0) is 94.3 Å². The lowest BCUT2D eigenvalue weighted by Crippen LogP contribution is -2.34. The molecule has 14 nitrogen and oxygen atoms in total. The van der Waals surface area contributed by atoms with Crippen LogP contribution in [0.15, 0.2) is 104 Å². The molecule has 5 N–H and O–H groups in total. The maximum atomic E-state index is 14.2. The molecular weight excluding hydrogens is 785 g/mol. The predicted octanol–water partition coefficient (Wildman–Crippen LogP) is 6.44. The molecule has 0 unspecified atom stereocenters. The van der Waals surface area contributed by atoms with Crippen LogP contribution in [0.1, 0.15) is 44.6 Å². The third kappa shape index (κ3) is 13.5. The molecule has 0 saturated carbocycles. The Balaban J connectivity index is 0.000000210. The number of nitrogens with zero attached hydrogens (tertiary/aromatic N) is 4. The maximum absolute atomic E-state index is 14.2. The van der Waals surface area contributed by atoms with Gasteiger partial charge in [-0.15, -0.1) is 0 Å². The largest absolute Gasteiger partial charge is 0.488 e. The van der Waals surface area contributed by atoms with E-state index in [1.165, 1.54) is 33.4 Å². The predicted molar refractivity (Wildman–Crippen MR) is 216 cm³/mol. The number of rotatable bonds is 10. The Hall–Kier alpha value is -6.26. The average Bonchev–Trinajstić information content (AvgIpc) is 3.12. The van der Waals surface area contributed by atoms with Gasteiger partial charge in [-0.1, -0.05) is 47.5 Å². The van der Waals surface area contributed by atoms with Crippen LogP contribution in [0, 0.1) is 18.6 Å². The van der Waals surface area contributed by atoms with Gasteiger partial charge >= 0.3 is 22.8 Å². The second-order valence-corrected chi connectivity index (χ2v) is 13.7. The Morgan fingerprint density at radius 2 is 1.14 bits per heavy atom. The first kappa shape index (κ1) is 43.5. The minimum atomic E-state index is -0.805. The molecule has 0 bridgehead atoms. The molecule has 2 aromatic heterocycles. The van der Waals surface area contributed by atoms with Crippen molar-refractivity contribution in [2.45, 2.75) is 59.9 Å². The van der Waals surface area contributed by atoms with Gasteiger partial charge in [-0.2, -0.15) is 9.97 Å². The molecule has 0 aliphatic carbocycles. The molecule has 2 heterocycles. The van der Waals surface area contributed by atoms with Crippen LogP contribution in [-0.2, 0) is 13.1 Å². The second-order valence-electron chi connectivity index (χ2n) is 12.8. The van der Waals surface area contributed by atoms with Crippen LogP contribution in [-0.4, -0.2) is 41.3 Å². The van der Waals surface area contributed by atoms with E-state index in [-0.39, 0.29) is 36.2 Å². The summed E-state index contributed by atoms with van der Waals surface area (Å²) in [6.07, 6.45) is -0.199. The third-order valence-corrected chi connectivity index (χ3v) is 7.92. The molecule has 0 spiro atoms. The summed E-state index contributed by atoms with van der Waals surface area (Å²) >= 11 is 11.6. The van der Waals surface area contributed by atoms with Gasteiger partial charge < -0.3 is 20.5 Å². The molecule has 6 rings (SSSR count). The molecule has 57 heavy (non-hydrogen) atoms. The number of hydrogen-bond donors (Lipinski definition) is 4. The van der Waals surface area contributed by atoms with Crippen LogP contribution in [0.5, 0.6) is 11.5 Å². The lowest BCUT2D eigenvalue weighted by Gasteiger charge is -2.14. The van der Waals surface area contributed by atoms with E-state index in [0.717, 1.165) is 11.1 Å². The molecule has 0 aliphatic heterocycles. The Morgan fingerprint density at radius 1 is 0.684 bits per heavy atom. The molecule has 0 saturated heterocycles. The molecule has 0 amide bonds. The number of aromatic amines is 2. The molecule has 0 atom stereocenters. The van der Waals surface area contributed by atoms with E-state index >= 15 is 0 Å². The summed E-state index contributed by atoms with van der Waals surface area (Å²) in [4.78, 5) is 58.2. The number of nitrogen functional groups attached to an aromatic ring is 1. The Bertz CT molecular complexity index is 2520. The van der Waals surface area contributed by atoms with Crippen LogP contribution in [0.4, 0.5) is 26.1 Å². The number of aryl methyl sites for hydroxylation is 1. The van der Waals surface area contributed by atoms with E-state index in [9.17, 15) is 28.0 Å². The van der Waals surface area contributed by atoms with Gasteiger partial charge in [0.15, 0.2) is 23.1 Å². The van der Waals surface area contributed by atoms with E-state index in [1.54, 1.807) is 69.3 Å². The fraction of sp³-hybridized carbons (Fsp3) is 0.231. The van der Waals surface area contributed by atoms with Gasteiger partial charge in [0, 0.05) is 33.6 Å². The number of H-pyrrole nitrogens is 2. The Labute approximate surface area is 334 Å². The zero-order chi connectivity index (χ0) is 41.8. The van der Waals surface area contributed by atoms with Gasteiger partial charge in [-0.3, -0.25) is 19.1 Å². The van der Waals surface area contributed by atoms with E-state index in [0.29, 0.717) is 33.8 Å². The fourth-order valence-corrected chi connectivity index (χ4v) is 5.13. The molecule has 18 heteroatoms. The highest BCUT2D eigenvalue weighted by Crippen LogP contribution is 2.24. The summed E-state index contributed by atoms with van der Waals surface area (Å²) in [5, 5.41) is 4.02. The molecule has 6 aromatic rings. The van der Waals surface area contributed by atoms with Crippen molar-refractivity contribution in [2.75, 3.05) is 11.1 Å². The van der Waals surface area contributed by atoms with Crippen LogP contribution in [0.3, 0.4) is 0 Å². The number of benzene rings is 4. The summed E-state index contributed by atoms with van der Waals surface area (Å²) in [7, 11) is 0. The van der Waals surface area contributed by atoms with Crippen LogP contribution in [0.2, 0.25) is 10.0 Å². The quantitative estimate of drug-likeness (QED) is 0.112. The normalized spacial score (nSPS) is 10.6. The number of anilines is 3. The maximum Gasteiger partial charge on any atom is 0.352 e. The number of ether oxygens (including phenoxy) is 2. The monoisotopic (exact) mass is 824 g/mol. The van der Waals surface area contributed by atoms with Gasteiger partial charge in [-0.25, -0.2) is 28.0 Å². The molecule has 0 radical (unpaired) electrons. The van der Waals surface area contributed by atoms with Crippen molar-refractivity contribution < 1.29 is 18.3 Å². The van der Waals surface area contributed by atoms with E-state index in [2.05, 4.69) is 25.3 Å². The van der Waals surface area contributed by atoms with Gasteiger partial charge in [0.1, 0.15) is 5.82 Å². The van der Waals surface area contributed by atoms with Gasteiger partial charge in [0.2, 0.25) is 5.95 Å². The summed E-state index contributed by atoms with van der Waals surface area (Å²) < 4.78 is 40.4. The third-order valence-electron chi connectivity index (χ3n) is 7.41. The first-order valence-corrected chi connectivity index (χ1v) is 18.1. The first-order valence-electron chi connectivity index (χ1n) is 17.3. The van der Waals surface area contributed by atoms with Crippen LogP contribution < -0.4 is 43.3 Å². The minimum Gasteiger partial charge on any atom is -0.488 e. The zero-order valence-corrected chi connectivity index (χ0v) is 33.0. The first-order chi connectivity index (χ1) is 27.0. The molecular formula is C39H40Cl2F2N8O6. The second kappa shape index (κ2) is 20.1. The van der Waals surface area contributed by atoms with E-state index < -0.39 is 34.4 Å². The van der Waals surface area contributed by atoms with Crippen molar-refractivity contribution in [2.24, 2.45) is 0 Å². The number of nitrogens with one attached hydrogen (secondary N) is 3. The highest BCUT2D eigenvalue weighted by molar-refractivity contribution is 6.30. The molecule has 300 valence electrons. The summed E-state index contributed by atoms with van der Waals surface area (Å²) in [6, 6.07) is 22.6. The number of aromatic nitrogens is 6. The number of hydrogen-bond acceptors (Lipinski definition) is 10. The highest BCUT2D eigenvalue weighted by Gasteiger charge is 2.12. The van der Waals surface area contributed by atoms with Crippen molar-refractivity contribution >= 4 is 40.5 Å². The molecule has 4 aromatic carbocycles. The van der Waals surface area contributed by atoms with Crippen LogP contribution >= 0.6 is 23.2 Å². The summed E-state index contributed by atoms with van der Waals surface area (Å²) in [5.41, 5.74) is 5.24. The van der Waals surface area contributed by atoms with E-state index in [1.807, 2.05) is 26.0 Å². The van der Waals surface area contributed by atoms with Crippen molar-refractivity contribution in [3.05, 3.63) is 165 Å². The summed E-state index contributed by atoms with van der Waals surface area (Å²) in [5.74, 6) is -0.259. The number of nitrogens with two attached hydrogens (primary N) is 1. The summed E-state index contributed by atoms with van der Waals surface area (Å²) in [6.45, 7) is 9.38. The van der Waals surface area contributed by atoms with Crippen molar-refractivity contribution in [3.8, 4) is 11.5 Å². The Kier molecular flexibility index (Phi) is 15.3. The average molecular weight is 826 g/mol. The lowest BCUT2D eigenvalue weighted by molar-refractivity contribution is 0.231.